The van der Waals surface area contributed by atoms with E-state index in [2.05, 4.69) is 23.7 Å². The number of rotatable bonds is 3. The molecule has 1 atom stereocenters. The van der Waals surface area contributed by atoms with Gasteiger partial charge < -0.3 is 5.73 Å². The van der Waals surface area contributed by atoms with Crippen LogP contribution in [-0.4, -0.2) is 4.98 Å². The van der Waals surface area contributed by atoms with Gasteiger partial charge in [0.25, 0.3) is 0 Å². The van der Waals surface area contributed by atoms with Gasteiger partial charge in [0.1, 0.15) is 0 Å². The second kappa shape index (κ2) is 4.45. The van der Waals surface area contributed by atoms with Crippen LogP contribution in [0.25, 0.3) is 10.9 Å². The monoisotopic (exact) mass is 212 g/mol. The average molecular weight is 212 g/mol. The highest BCUT2D eigenvalue weighted by Gasteiger charge is 2.09. The third-order valence-corrected chi connectivity index (χ3v) is 2.65. The average Bonchev–Trinajstić information content (AvgIpc) is 2.27. The molecule has 2 N–H and O–H groups in total. The third-order valence-electron chi connectivity index (χ3n) is 2.65. The Labute approximate surface area is 95.8 Å². The molecule has 16 heavy (non-hydrogen) atoms. The van der Waals surface area contributed by atoms with Crippen LogP contribution in [0.5, 0.6) is 0 Å². The standard InChI is InChI=1S/C14H16N2/c1-10(2)9-13(15)11-5-3-7-14-12(11)6-4-8-16-14/h3-8,13H,1,9,15H2,2H3. The molecule has 2 heteroatoms. The molecule has 0 aliphatic carbocycles. The van der Waals surface area contributed by atoms with E-state index in [0.29, 0.717) is 0 Å². The molecule has 0 saturated carbocycles. The summed E-state index contributed by atoms with van der Waals surface area (Å²) in [5.41, 5.74) is 9.42. The van der Waals surface area contributed by atoms with Gasteiger partial charge in [0, 0.05) is 17.6 Å². The predicted octanol–water partition coefficient (Wildman–Crippen LogP) is 3.20. The molecular formula is C14H16N2. The Balaban J connectivity index is 2.47. The summed E-state index contributed by atoms with van der Waals surface area (Å²) in [6.45, 7) is 5.91. The minimum absolute atomic E-state index is 0.00500. The van der Waals surface area contributed by atoms with Gasteiger partial charge in [0.15, 0.2) is 0 Å². The van der Waals surface area contributed by atoms with Crippen LogP contribution in [0.4, 0.5) is 0 Å². The van der Waals surface area contributed by atoms with Crippen molar-refractivity contribution in [2.75, 3.05) is 0 Å². The first-order valence-corrected chi connectivity index (χ1v) is 5.42. The predicted molar refractivity (Wildman–Crippen MR) is 68.1 cm³/mol. The molecule has 1 heterocycles. The van der Waals surface area contributed by atoms with Gasteiger partial charge >= 0.3 is 0 Å². The Hall–Kier alpha value is -1.67. The van der Waals surface area contributed by atoms with Crippen LogP contribution in [0.2, 0.25) is 0 Å². The van der Waals surface area contributed by atoms with Crippen molar-refractivity contribution in [2.45, 2.75) is 19.4 Å². The van der Waals surface area contributed by atoms with Gasteiger partial charge in [-0.3, -0.25) is 4.98 Å². The first kappa shape index (κ1) is 10.8. The van der Waals surface area contributed by atoms with Crippen LogP contribution < -0.4 is 5.73 Å². The molecule has 2 aromatic rings. The summed E-state index contributed by atoms with van der Waals surface area (Å²) in [6.07, 6.45) is 2.62. The number of aromatic nitrogens is 1. The van der Waals surface area contributed by atoms with Crippen LogP contribution in [0.15, 0.2) is 48.7 Å². The maximum absolute atomic E-state index is 6.17. The van der Waals surface area contributed by atoms with Crippen LogP contribution in [0.3, 0.4) is 0 Å². The summed E-state index contributed by atoms with van der Waals surface area (Å²) < 4.78 is 0. The quantitative estimate of drug-likeness (QED) is 0.793. The first-order valence-electron chi connectivity index (χ1n) is 5.42. The highest BCUT2D eigenvalue weighted by Crippen LogP contribution is 2.24. The van der Waals surface area contributed by atoms with E-state index in [9.17, 15) is 0 Å². The van der Waals surface area contributed by atoms with E-state index in [1.807, 2.05) is 25.1 Å². The molecule has 1 unspecified atom stereocenters. The second-order valence-corrected chi connectivity index (χ2v) is 4.19. The fraction of sp³-hybridized carbons (Fsp3) is 0.214. The number of fused-ring (bicyclic) bond motifs is 1. The lowest BCUT2D eigenvalue weighted by molar-refractivity contribution is 0.723. The lowest BCUT2D eigenvalue weighted by atomic mass is 9.97. The zero-order chi connectivity index (χ0) is 11.5. The number of nitrogens with two attached hydrogens (primary N) is 1. The van der Waals surface area contributed by atoms with Crippen molar-refractivity contribution in [3.8, 4) is 0 Å². The molecule has 2 nitrogen and oxygen atoms in total. The van der Waals surface area contributed by atoms with Crippen molar-refractivity contribution < 1.29 is 0 Å². The molecule has 1 aromatic heterocycles. The van der Waals surface area contributed by atoms with Crippen LogP contribution >= 0.6 is 0 Å². The van der Waals surface area contributed by atoms with E-state index < -0.39 is 0 Å². The first-order chi connectivity index (χ1) is 7.68. The van der Waals surface area contributed by atoms with Crippen molar-refractivity contribution in [1.82, 2.24) is 4.98 Å². The zero-order valence-corrected chi connectivity index (χ0v) is 9.48. The van der Waals surface area contributed by atoms with Gasteiger partial charge in [-0.15, -0.1) is 6.58 Å². The largest absolute Gasteiger partial charge is 0.324 e. The van der Waals surface area contributed by atoms with Crippen LogP contribution in [0, 0.1) is 0 Å². The number of hydrogen-bond acceptors (Lipinski definition) is 2. The van der Waals surface area contributed by atoms with Crippen molar-refractivity contribution in [2.24, 2.45) is 5.73 Å². The van der Waals surface area contributed by atoms with Gasteiger partial charge in [-0.2, -0.15) is 0 Å². The smallest absolute Gasteiger partial charge is 0.0705 e. The van der Waals surface area contributed by atoms with Crippen LogP contribution in [-0.2, 0) is 0 Å². The number of nitrogens with zero attached hydrogens (tertiary/aromatic N) is 1. The van der Waals surface area contributed by atoms with Crippen molar-refractivity contribution >= 4 is 10.9 Å². The highest BCUT2D eigenvalue weighted by molar-refractivity contribution is 5.82. The Bertz CT molecular complexity index is 512. The molecule has 0 aliphatic rings. The highest BCUT2D eigenvalue weighted by atomic mass is 14.7. The molecule has 0 saturated heterocycles. The molecule has 0 fully saturated rings. The Morgan fingerprint density at radius 2 is 2.19 bits per heavy atom. The van der Waals surface area contributed by atoms with Gasteiger partial charge in [-0.05, 0) is 31.0 Å². The fourth-order valence-corrected chi connectivity index (χ4v) is 1.94. The normalized spacial score (nSPS) is 12.6. The second-order valence-electron chi connectivity index (χ2n) is 4.19. The van der Waals surface area contributed by atoms with Crippen molar-refractivity contribution in [1.29, 1.82) is 0 Å². The summed E-state index contributed by atoms with van der Waals surface area (Å²) in [6, 6.07) is 10.1. The van der Waals surface area contributed by atoms with E-state index in [0.717, 1.165) is 28.5 Å². The zero-order valence-electron chi connectivity index (χ0n) is 9.48. The minimum atomic E-state index is 0.00500. The Morgan fingerprint density at radius 1 is 1.38 bits per heavy atom. The van der Waals surface area contributed by atoms with Gasteiger partial charge in [0.05, 0.1) is 5.52 Å². The molecule has 82 valence electrons. The molecule has 1 aromatic carbocycles. The molecule has 2 rings (SSSR count). The van der Waals surface area contributed by atoms with E-state index >= 15 is 0 Å². The molecule has 0 spiro atoms. The number of benzene rings is 1. The third kappa shape index (κ3) is 2.12. The molecule has 0 aliphatic heterocycles. The number of hydrogen-bond donors (Lipinski definition) is 1. The summed E-state index contributed by atoms with van der Waals surface area (Å²) in [7, 11) is 0. The number of pyridine rings is 1. The lowest BCUT2D eigenvalue weighted by Gasteiger charge is -2.14. The van der Waals surface area contributed by atoms with Gasteiger partial charge in [0.2, 0.25) is 0 Å². The van der Waals surface area contributed by atoms with Crippen LogP contribution in [0.1, 0.15) is 24.9 Å². The lowest BCUT2D eigenvalue weighted by Crippen LogP contribution is -2.10. The fourth-order valence-electron chi connectivity index (χ4n) is 1.94. The summed E-state index contributed by atoms with van der Waals surface area (Å²) in [5.74, 6) is 0. The molecule has 0 radical (unpaired) electrons. The van der Waals surface area contributed by atoms with Crippen molar-refractivity contribution in [3.63, 3.8) is 0 Å². The molecular weight excluding hydrogens is 196 g/mol. The van der Waals surface area contributed by atoms with E-state index in [-0.39, 0.29) is 6.04 Å². The van der Waals surface area contributed by atoms with Gasteiger partial charge in [-0.25, -0.2) is 0 Å². The minimum Gasteiger partial charge on any atom is -0.324 e. The maximum atomic E-state index is 6.17. The summed E-state index contributed by atoms with van der Waals surface area (Å²) >= 11 is 0. The molecule has 0 bridgehead atoms. The Kier molecular flexibility index (Phi) is 3.02. The van der Waals surface area contributed by atoms with E-state index in [1.54, 1.807) is 6.20 Å². The van der Waals surface area contributed by atoms with E-state index in [4.69, 9.17) is 5.73 Å². The van der Waals surface area contributed by atoms with Crippen molar-refractivity contribution in [3.05, 3.63) is 54.2 Å². The van der Waals surface area contributed by atoms with Gasteiger partial charge in [-0.1, -0.05) is 23.8 Å². The maximum Gasteiger partial charge on any atom is 0.0705 e. The Morgan fingerprint density at radius 3 is 2.94 bits per heavy atom. The van der Waals surface area contributed by atoms with E-state index in [1.165, 1.54) is 0 Å². The topological polar surface area (TPSA) is 38.9 Å². The summed E-state index contributed by atoms with van der Waals surface area (Å²) in [4.78, 5) is 4.33. The SMILES string of the molecule is C=C(C)CC(N)c1cccc2ncccc12. The molecule has 0 amide bonds. The summed E-state index contributed by atoms with van der Waals surface area (Å²) in [5, 5.41) is 1.14.